The van der Waals surface area contributed by atoms with Gasteiger partial charge in [0.25, 0.3) is 0 Å². The van der Waals surface area contributed by atoms with Gasteiger partial charge in [-0.15, -0.1) is 0 Å². The van der Waals surface area contributed by atoms with Gasteiger partial charge in [-0.3, -0.25) is 4.79 Å². The third-order valence-electron chi connectivity index (χ3n) is 3.86. The molecule has 3 N–H and O–H groups in total. The standard InChI is InChI=1S/C15H22N2O2/c1-10(11-5-4-6-13(9-11)19-3)17-14(18)15(2,16)12-7-8-12/h4-6,9-10,12H,7-8,16H2,1-3H3,(H,17,18)/t10-,15?/m0/s1. The highest BCUT2D eigenvalue weighted by atomic mass is 16.5. The van der Waals surface area contributed by atoms with Gasteiger partial charge >= 0.3 is 0 Å². The Balaban J connectivity index is 2.03. The molecule has 1 aliphatic rings. The van der Waals surface area contributed by atoms with Gasteiger partial charge in [-0.2, -0.15) is 0 Å². The van der Waals surface area contributed by atoms with Crippen molar-refractivity contribution in [2.45, 2.75) is 38.3 Å². The lowest BCUT2D eigenvalue weighted by atomic mass is 9.95. The van der Waals surface area contributed by atoms with E-state index in [0.717, 1.165) is 24.2 Å². The summed E-state index contributed by atoms with van der Waals surface area (Å²) in [6, 6.07) is 7.62. The van der Waals surface area contributed by atoms with E-state index in [-0.39, 0.29) is 11.9 Å². The van der Waals surface area contributed by atoms with E-state index in [0.29, 0.717) is 5.92 Å². The molecule has 0 radical (unpaired) electrons. The number of nitrogens with one attached hydrogen (secondary N) is 1. The van der Waals surface area contributed by atoms with Gasteiger partial charge in [-0.25, -0.2) is 0 Å². The lowest BCUT2D eigenvalue weighted by molar-refractivity contribution is -0.127. The van der Waals surface area contributed by atoms with Crippen LogP contribution in [-0.2, 0) is 4.79 Å². The summed E-state index contributed by atoms with van der Waals surface area (Å²) in [5.41, 5.74) is 6.37. The molecule has 0 aliphatic heterocycles. The maximum absolute atomic E-state index is 12.2. The summed E-state index contributed by atoms with van der Waals surface area (Å²) < 4.78 is 5.19. The van der Waals surface area contributed by atoms with Gasteiger partial charge in [0.2, 0.25) is 5.91 Å². The molecular formula is C15H22N2O2. The van der Waals surface area contributed by atoms with E-state index in [9.17, 15) is 4.79 Å². The molecule has 1 aromatic carbocycles. The Morgan fingerprint density at radius 1 is 1.53 bits per heavy atom. The number of hydrogen-bond acceptors (Lipinski definition) is 3. The number of ether oxygens (including phenoxy) is 1. The molecule has 2 atom stereocenters. The molecule has 1 fully saturated rings. The fourth-order valence-corrected chi connectivity index (χ4v) is 2.21. The van der Waals surface area contributed by atoms with Crippen molar-refractivity contribution in [2.75, 3.05) is 7.11 Å². The number of hydrogen-bond donors (Lipinski definition) is 2. The van der Waals surface area contributed by atoms with Crippen LogP contribution < -0.4 is 15.8 Å². The highest BCUT2D eigenvalue weighted by molar-refractivity contribution is 5.86. The predicted octanol–water partition coefficient (Wildman–Crippen LogP) is 2.00. The minimum Gasteiger partial charge on any atom is -0.497 e. The Morgan fingerprint density at radius 3 is 2.79 bits per heavy atom. The van der Waals surface area contributed by atoms with Crippen LogP contribution in [-0.4, -0.2) is 18.6 Å². The minimum absolute atomic E-state index is 0.0784. The van der Waals surface area contributed by atoms with Crippen LogP contribution in [0.1, 0.15) is 38.3 Å². The lowest BCUT2D eigenvalue weighted by Gasteiger charge is -2.26. The van der Waals surface area contributed by atoms with Crippen molar-refractivity contribution in [3.63, 3.8) is 0 Å². The first-order chi connectivity index (χ1) is 8.95. The fourth-order valence-electron chi connectivity index (χ4n) is 2.21. The maximum atomic E-state index is 12.2. The Labute approximate surface area is 114 Å². The first-order valence-electron chi connectivity index (χ1n) is 6.69. The summed E-state index contributed by atoms with van der Waals surface area (Å²) in [6.07, 6.45) is 2.10. The van der Waals surface area contributed by atoms with Gasteiger partial charge in [-0.05, 0) is 50.3 Å². The molecule has 2 rings (SSSR count). The highest BCUT2D eigenvalue weighted by Gasteiger charge is 2.44. The van der Waals surface area contributed by atoms with Crippen LogP contribution in [0.5, 0.6) is 5.75 Å². The Bertz CT molecular complexity index is 467. The molecule has 1 amide bonds. The fraction of sp³-hybridized carbons (Fsp3) is 0.533. The topological polar surface area (TPSA) is 64.3 Å². The molecule has 4 heteroatoms. The van der Waals surface area contributed by atoms with Gasteiger partial charge in [-0.1, -0.05) is 12.1 Å². The molecule has 4 nitrogen and oxygen atoms in total. The van der Waals surface area contributed by atoms with E-state index in [1.807, 2.05) is 38.1 Å². The molecular weight excluding hydrogens is 240 g/mol. The monoisotopic (exact) mass is 262 g/mol. The molecule has 0 aromatic heterocycles. The SMILES string of the molecule is COc1cccc([C@H](C)NC(=O)C(C)(N)C2CC2)c1. The molecule has 0 bridgehead atoms. The third-order valence-corrected chi connectivity index (χ3v) is 3.86. The highest BCUT2D eigenvalue weighted by Crippen LogP contribution is 2.38. The molecule has 19 heavy (non-hydrogen) atoms. The lowest BCUT2D eigenvalue weighted by Crippen LogP contribution is -2.53. The number of carbonyl (C=O) groups is 1. The Hall–Kier alpha value is -1.55. The normalized spacial score (nSPS) is 19.4. The van der Waals surface area contributed by atoms with Crippen molar-refractivity contribution in [1.29, 1.82) is 0 Å². The smallest absolute Gasteiger partial charge is 0.240 e. The van der Waals surface area contributed by atoms with Gasteiger partial charge < -0.3 is 15.8 Å². The molecule has 1 aliphatic carbocycles. The zero-order chi connectivity index (χ0) is 14.0. The van der Waals surface area contributed by atoms with E-state index >= 15 is 0 Å². The van der Waals surface area contributed by atoms with Crippen molar-refractivity contribution in [1.82, 2.24) is 5.32 Å². The summed E-state index contributed by atoms with van der Waals surface area (Å²) in [5, 5.41) is 2.99. The molecule has 1 saturated carbocycles. The number of methoxy groups -OCH3 is 1. The van der Waals surface area contributed by atoms with E-state index in [4.69, 9.17) is 10.5 Å². The molecule has 1 aromatic rings. The summed E-state index contributed by atoms with van der Waals surface area (Å²) in [7, 11) is 1.63. The average molecular weight is 262 g/mol. The van der Waals surface area contributed by atoms with Gasteiger partial charge in [0.15, 0.2) is 0 Å². The predicted molar refractivity (Wildman–Crippen MR) is 74.9 cm³/mol. The van der Waals surface area contributed by atoms with Crippen LogP contribution in [0, 0.1) is 5.92 Å². The molecule has 0 saturated heterocycles. The summed E-state index contributed by atoms with van der Waals surface area (Å²) >= 11 is 0. The van der Waals surface area contributed by atoms with Crippen LogP contribution in [0.25, 0.3) is 0 Å². The van der Waals surface area contributed by atoms with Gasteiger partial charge in [0.05, 0.1) is 18.7 Å². The number of amides is 1. The van der Waals surface area contributed by atoms with Crippen molar-refractivity contribution in [3.05, 3.63) is 29.8 Å². The van der Waals surface area contributed by atoms with E-state index in [1.165, 1.54) is 0 Å². The van der Waals surface area contributed by atoms with Crippen molar-refractivity contribution in [2.24, 2.45) is 11.7 Å². The van der Waals surface area contributed by atoms with Crippen LogP contribution in [0.15, 0.2) is 24.3 Å². The van der Waals surface area contributed by atoms with Gasteiger partial charge in [0, 0.05) is 0 Å². The Kier molecular flexibility index (Phi) is 3.80. The maximum Gasteiger partial charge on any atom is 0.240 e. The molecule has 104 valence electrons. The van der Waals surface area contributed by atoms with Crippen molar-refractivity contribution in [3.8, 4) is 5.75 Å². The van der Waals surface area contributed by atoms with Gasteiger partial charge in [0.1, 0.15) is 5.75 Å². The zero-order valence-electron chi connectivity index (χ0n) is 11.8. The van der Waals surface area contributed by atoms with Crippen LogP contribution in [0.3, 0.4) is 0 Å². The Morgan fingerprint density at radius 2 is 2.21 bits per heavy atom. The largest absolute Gasteiger partial charge is 0.497 e. The van der Waals surface area contributed by atoms with Crippen molar-refractivity contribution < 1.29 is 9.53 Å². The second-order valence-electron chi connectivity index (χ2n) is 5.53. The second-order valence-corrected chi connectivity index (χ2v) is 5.53. The quantitative estimate of drug-likeness (QED) is 0.853. The number of carbonyl (C=O) groups excluding carboxylic acids is 1. The summed E-state index contributed by atoms with van der Waals surface area (Å²) in [6.45, 7) is 3.77. The zero-order valence-corrected chi connectivity index (χ0v) is 11.8. The van der Waals surface area contributed by atoms with E-state index in [2.05, 4.69) is 5.32 Å². The first-order valence-corrected chi connectivity index (χ1v) is 6.69. The number of benzene rings is 1. The van der Waals surface area contributed by atoms with Crippen molar-refractivity contribution >= 4 is 5.91 Å². The molecule has 1 unspecified atom stereocenters. The number of nitrogens with two attached hydrogens (primary N) is 1. The van der Waals surface area contributed by atoms with E-state index < -0.39 is 5.54 Å². The van der Waals surface area contributed by atoms with Crippen LogP contribution in [0.2, 0.25) is 0 Å². The molecule has 0 heterocycles. The number of rotatable bonds is 5. The van der Waals surface area contributed by atoms with Crippen LogP contribution in [0.4, 0.5) is 0 Å². The average Bonchev–Trinajstić information content (AvgIpc) is 3.23. The summed E-state index contributed by atoms with van der Waals surface area (Å²) in [5.74, 6) is 1.03. The molecule has 0 spiro atoms. The second kappa shape index (κ2) is 5.21. The first kappa shape index (κ1) is 13.9. The third kappa shape index (κ3) is 3.07. The summed E-state index contributed by atoms with van der Waals surface area (Å²) in [4.78, 5) is 12.2. The van der Waals surface area contributed by atoms with E-state index in [1.54, 1.807) is 7.11 Å². The van der Waals surface area contributed by atoms with Crippen LogP contribution >= 0.6 is 0 Å². The minimum atomic E-state index is -0.757.